The first-order valence-corrected chi connectivity index (χ1v) is 10.4. The topological polar surface area (TPSA) is 67.3 Å². The van der Waals surface area contributed by atoms with Gasteiger partial charge in [-0.25, -0.2) is 0 Å². The summed E-state index contributed by atoms with van der Waals surface area (Å²) in [5.74, 6) is 5.84. The van der Waals surface area contributed by atoms with Crippen LogP contribution < -0.4 is 21.9 Å². The van der Waals surface area contributed by atoms with E-state index in [1.807, 2.05) is 40.1 Å². The van der Waals surface area contributed by atoms with E-state index in [0.29, 0.717) is 5.70 Å². The van der Waals surface area contributed by atoms with Crippen LogP contribution in [0.2, 0.25) is 0 Å². The van der Waals surface area contributed by atoms with Crippen molar-refractivity contribution in [3.63, 3.8) is 0 Å². The molecule has 28 heavy (non-hydrogen) atoms. The van der Waals surface area contributed by atoms with Crippen LogP contribution in [0.5, 0.6) is 0 Å². The Bertz CT molecular complexity index is 749. The van der Waals surface area contributed by atoms with Crippen molar-refractivity contribution in [3.05, 3.63) is 64.2 Å². The molecule has 154 valence electrons. The highest BCUT2D eigenvalue weighted by molar-refractivity contribution is 5.88. The van der Waals surface area contributed by atoms with Gasteiger partial charge in [0.1, 0.15) is 0 Å². The lowest BCUT2D eigenvalue weighted by Crippen LogP contribution is -2.23. The predicted octanol–water partition coefficient (Wildman–Crippen LogP) is 4.71. The molecule has 4 nitrogen and oxygen atoms in total. The molecule has 0 amide bonds. The van der Waals surface area contributed by atoms with Gasteiger partial charge in [-0.15, -0.1) is 0 Å². The van der Waals surface area contributed by atoms with Crippen LogP contribution in [0.25, 0.3) is 11.4 Å². The smallest absolute Gasteiger partial charge is 0.0795 e. The number of rotatable bonds is 7. The van der Waals surface area contributed by atoms with E-state index in [4.69, 9.17) is 11.6 Å². The number of hydrazine groups is 1. The van der Waals surface area contributed by atoms with Crippen molar-refractivity contribution in [3.8, 4) is 0 Å². The van der Waals surface area contributed by atoms with E-state index < -0.39 is 0 Å². The minimum Gasteiger partial charge on any atom is -0.397 e. The van der Waals surface area contributed by atoms with Crippen LogP contribution in [0.4, 0.5) is 5.69 Å². The Morgan fingerprint density at radius 3 is 1.71 bits per heavy atom. The van der Waals surface area contributed by atoms with Crippen molar-refractivity contribution < 1.29 is 0 Å². The second kappa shape index (κ2) is 11.4. The second-order valence-electron chi connectivity index (χ2n) is 6.71. The average molecular weight is 383 g/mol. The molecule has 0 aliphatic rings. The van der Waals surface area contributed by atoms with E-state index in [2.05, 4.69) is 55.4 Å². The molecule has 0 heterocycles. The first kappa shape index (κ1) is 23.6. The van der Waals surface area contributed by atoms with E-state index in [9.17, 15) is 0 Å². The number of nitrogens with two attached hydrogens (primary N) is 2. The zero-order valence-electron chi connectivity index (χ0n) is 18.7. The molecule has 0 radical (unpaired) electrons. The van der Waals surface area contributed by atoms with Crippen LogP contribution in [0, 0.1) is 0 Å². The van der Waals surface area contributed by atoms with Crippen LogP contribution in [-0.4, -0.2) is 14.1 Å². The lowest BCUT2D eigenvalue weighted by atomic mass is 9.91. The molecule has 0 spiro atoms. The summed E-state index contributed by atoms with van der Waals surface area (Å²) in [6, 6.07) is 12.6. The predicted molar refractivity (Wildman–Crippen MR) is 125 cm³/mol. The van der Waals surface area contributed by atoms with Gasteiger partial charge in [0.15, 0.2) is 0 Å². The third kappa shape index (κ3) is 5.29. The standard InChI is InChI=1S/C22H32N4.C2H6/c1-6-15-13-18(14-16(7-2)20(15)8-3)21(23)22(25-24)17-9-11-19(12-10-17)26(4)5;1-2/h9-14,25H,6-8,23-24H2,1-5H3;1-2H3/b22-21-;. The molecule has 0 aliphatic carbocycles. The van der Waals surface area contributed by atoms with E-state index in [-0.39, 0.29) is 0 Å². The molecule has 4 heteroatoms. The van der Waals surface area contributed by atoms with Crippen LogP contribution in [0.1, 0.15) is 62.4 Å². The third-order valence-corrected chi connectivity index (χ3v) is 4.95. The van der Waals surface area contributed by atoms with Gasteiger partial charge in [-0.2, -0.15) is 0 Å². The maximum atomic E-state index is 6.55. The second-order valence-corrected chi connectivity index (χ2v) is 6.71. The molecule has 0 saturated carbocycles. The van der Waals surface area contributed by atoms with Gasteiger partial charge in [-0.05, 0) is 60.2 Å². The largest absolute Gasteiger partial charge is 0.397 e. The number of anilines is 1. The van der Waals surface area contributed by atoms with Crippen molar-refractivity contribution in [2.45, 2.75) is 53.9 Å². The Hall–Kier alpha value is -2.46. The van der Waals surface area contributed by atoms with Gasteiger partial charge in [0.25, 0.3) is 0 Å². The highest BCUT2D eigenvalue weighted by Crippen LogP contribution is 2.27. The molecule has 5 N–H and O–H groups in total. The third-order valence-electron chi connectivity index (χ3n) is 4.95. The molecule has 0 aliphatic heterocycles. The van der Waals surface area contributed by atoms with E-state index in [0.717, 1.165) is 41.8 Å². The van der Waals surface area contributed by atoms with Crippen molar-refractivity contribution in [1.29, 1.82) is 0 Å². The first-order chi connectivity index (χ1) is 13.5. The monoisotopic (exact) mass is 382 g/mol. The van der Waals surface area contributed by atoms with Crippen LogP contribution in [-0.2, 0) is 19.3 Å². The Kier molecular flexibility index (Phi) is 9.60. The summed E-state index contributed by atoms with van der Waals surface area (Å²) >= 11 is 0. The van der Waals surface area contributed by atoms with Gasteiger partial charge in [-0.1, -0.05) is 46.8 Å². The molecular weight excluding hydrogens is 344 g/mol. The molecule has 0 bridgehead atoms. The molecule has 0 saturated heterocycles. The highest BCUT2D eigenvalue weighted by atomic mass is 15.2. The molecule has 0 atom stereocenters. The normalized spacial score (nSPS) is 11.3. The Morgan fingerprint density at radius 2 is 1.36 bits per heavy atom. The van der Waals surface area contributed by atoms with E-state index in [1.165, 1.54) is 16.7 Å². The fourth-order valence-corrected chi connectivity index (χ4v) is 3.43. The van der Waals surface area contributed by atoms with Crippen molar-refractivity contribution in [2.75, 3.05) is 19.0 Å². The summed E-state index contributed by atoms with van der Waals surface area (Å²) in [6.45, 7) is 10.6. The summed E-state index contributed by atoms with van der Waals surface area (Å²) in [5.41, 5.74) is 18.1. The Balaban J connectivity index is 0.00000190. The summed E-state index contributed by atoms with van der Waals surface area (Å²) in [5, 5.41) is 0. The summed E-state index contributed by atoms with van der Waals surface area (Å²) < 4.78 is 0. The zero-order valence-corrected chi connectivity index (χ0v) is 18.7. The van der Waals surface area contributed by atoms with Crippen LogP contribution in [0.15, 0.2) is 36.4 Å². The van der Waals surface area contributed by atoms with Gasteiger partial charge >= 0.3 is 0 Å². The summed E-state index contributed by atoms with van der Waals surface area (Å²) in [4.78, 5) is 2.07. The van der Waals surface area contributed by atoms with Gasteiger partial charge in [0.2, 0.25) is 0 Å². The fourth-order valence-electron chi connectivity index (χ4n) is 3.43. The molecular formula is C24H38N4. The average Bonchev–Trinajstić information content (AvgIpc) is 2.74. The minimum absolute atomic E-state index is 0.678. The number of hydrogen-bond donors (Lipinski definition) is 3. The van der Waals surface area contributed by atoms with Crippen LogP contribution >= 0.6 is 0 Å². The van der Waals surface area contributed by atoms with E-state index >= 15 is 0 Å². The van der Waals surface area contributed by atoms with Gasteiger partial charge in [0, 0.05) is 30.9 Å². The van der Waals surface area contributed by atoms with Crippen molar-refractivity contribution >= 4 is 17.1 Å². The molecule has 2 rings (SSSR count). The number of nitrogens with zero attached hydrogens (tertiary/aromatic N) is 1. The highest BCUT2D eigenvalue weighted by Gasteiger charge is 2.13. The Labute approximate surface area is 171 Å². The molecule has 0 aromatic heterocycles. The molecule has 2 aromatic carbocycles. The quantitative estimate of drug-likeness (QED) is 0.368. The summed E-state index contributed by atoms with van der Waals surface area (Å²) in [7, 11) is 4.05. The van der Waals surface area contributed by atoms with Gasteiger partial charge in [-0.3, -0.25) is 5.84 Å². The molecule has 0 unspecified atom stereocenters. The molecule has 2 aromatic rings. The van der Waals surface area contributed by atoms with Gasteiger partial charge in [0.05, 0.1) is 11.4 Å². The number of nitrogens with one attached hydrogen (secondary N) is 1. The fraction of sp³-hybridized carbons (Fsp3) is 0.417. The molecule has 0 fully saturated rings. The lowest BCUT2D eigenvalue weighted by Gasteiger charge is -2.18. The maximum absolute atomic E-state index is 6.55. The number of benzene rings is 2. The van der Waals surface area contributed by atoms with Crippen molar-refractivity contribution in [1.82, 2.24) is 5.43 Å². The number of aryl methyl sites for hydroxylation is 2. The lowest BCUT2D eigenvalue weighted by molar-refractivity contribution is 0.974. The maximum Gasteiger partial charge on any atom is 0.0795 e. The van der Waals surface area contributed by atoms with Crippen molar-refractivity contribution in [2.24, 2.45) is 11.6 Å². The Morgan fingerprint density at radius 1 is 0.857 bits per heavy atom. The summed E-state index contributed by atoms with van der Waals surface area (Å²) in [6.07, 6.45) is 3.05. The minimum atomic E-state index is 0.678. The van der Waals surface area contributed by atoms with Crippen LogP contribution in [0.3, 0.4) is 0 Å². The zero-order chi connectivity index (χ0) is 21.3. The van der Waals surface area contributed by atoms with Gasteiger partial charge < -0.3 is 16.1 Å². The number of hydrogen-bond acceptors (Lipinski definition) is 4. The van der Waals surface area contributed by atoms with E-state index in [1.54, 1.807) is 0 Å². The SMILES string of the molecule is CC.CCc1cc(/C(N)=C(/NN)c2ccc(N(C)C)cc2)cc(CC)c1CC. The first-order valence-electron chi connectivity index (χ1n) is 10.4.